The van der Waals surface area contributed by atoms with E-state index in [1.165, 1.54) is 22.7 Å². The van der Waals surface area contributed by atoms with Crippen molar-refractivity contribution in [3.05, 3.63) is 71.6 Å². The number of sulfone groups is 1. The van der Waals surface area contributed by atoms with Crippen LogP contribution in [0.4, 0.5) is 5.69 Å². The number of para-hydroxylation sites is 1. The summed E-state index contributed by atoms with van der Waals surface area (Å²) in [7, 11) is -3.35. The summed E-state index contributed by atoms with van der Waals surface area (Å²) < 4.78 is 28.8. The van der Waals surface area contributed by atoms with E-state index in [0.29, 0.717) is 11.3 Å². The van der Waals surface area contributed by atoms with Gasteiger partial charge in [-0.3, -0.25) is 4.79 Å². The average Bonchev–Trinajstić information content (AvgIpc) is 3.06. The highest BCUT2D eigenvalue weighted by molar-refractivity contribution is 7.98. The molecule has 1 atom stereocenters. The fourth-order valence-corrected chi connectivity index (χ4v) is 4.77. The van der Waals surface area contributed by atoms with E-state index in [1.807, 2.05) is 12.3 Å². The number of rotatable bonds is 6. The minimum atomic E-state index is -3.35. The molecule has 1 heterocycles. The van der Waals surface area contributed by atoms with Crippen LogP contribution in [0.5, 0.6) is 0 Å². The summed E-state index contributed by atoms with van der Waals surface area (Å²) in [6.45, 7) is -0.485. The van der Waals surface area contributed by atoms with Gasteiger partial charge in [0.1, 0.15) is 0 Å². The topological polar surface area (TPSA) is 80.8 Å². The molecule has 6 nitrogen and oxygen atoms in total. The summed E-state index contributed by atoms with van der Waals surface area (Å²) in [5.41, 5.74) is 0.928. The van der Waals surface area contributed by atoms with Gasteiger partial charge in [-0.05, 0) is 36.6 Å². The number of nitrogens with zero attached hydrogens (tertiary/aromatic N) is 1. The zero-order chi connectivity index (χ0) is 20.1. The number of hydrogen-bond donors (Lipinski definition) is 0. The van der Waals surface area contributed by atoms with Crippen molar-refractivity contribution in [1.29, 1.82) is 0 Å². The normalized spacial score (nSPS) is 17.2. The predicted molar refractivity (Wildman–Crippen MR) is 109 cm³/mol. The Morgan fingerprint density at radius 3 is 2.43 bits per heavy atom. The highest BCUT2D eigenvalue weighted by Gasteiger charge is 2.32. The first kappa shape index (κ1) is 20.2. The van der Waals surface area contributed by atoms with Gasteiger partial charge in [0.15, 0.2) is 16.4 Å². The lowest BCUT2D eigenvalue weighted by Gasteiger charge is -2.27. The molecule has 0 saturated heterocycles. The Morgan fingerprint density at radius 2 is 1.79 bits per heavy atom. The quantitative estimate of drug-likeness (QED) is 0.531. The molecule has 0 spiro atoms. The van der Waals surface area contributed by atoms with Crippen molar-refractivity contribution >= 4 is 39.2 Å². The lowest BCUT2D eigenvalue weighted by molar-refractivity contribution is -0.121. The number of anilines is 1. The second-order valence-corrected chi connectivity index (χ2v) is 8.88. The number of amides is 1. The summed E-state index contributed by atoms with van der Waals surface area (Å²) in [5, 5.41) is 1.11. The van der Waals surface area contributed by atoms with Crippen LogP contribution in [0, 0.1) is 0 Å². The summed E-state index contributed by atoms with van der Waals surface area (Å²) in [6.07, 6.45) is 3.33. The maximum absolute atomic E-state index is 12.8. The highest BCUT2D eigenvalue weighted by atomic mass is 32.2. The summed E-state index contributed by atoms with van der Waals surface area (Å²) in [5.74, 6) is -1.29. The molecule has 1 aliphatic rings. The number of hydrogen-bond acceptors (Lipinski definition) is 6. The van der Waals surface area contributed by atoms with Gasteiger partial charge >= 0.3 is 5.97 Å². The third-order valence-electron chi connectivity index (χ3n) is 4.20. The lowest BCUT2D eigenvalue weighted by atomic mass is 10.2. The monoisotopic (exact) mass is 417 g/mol. The van der Waals surface area contributed by atoms with Gasteiger partial charge in [0.05, 0.1) is 17.4 Å². The maximum atomic E-state index is 12.8. The number of benzene rings is 2. The lowest BCUT2D eigenvalue weighted by Crippen LogP contribution is -2.43. The molecule has 1 amide bonds. The highest BCUT2D eigenvalue weighted by Crippen LogP contribution is 2.24. The standard InChI is InChI=1S/C20H19NO5S2/c1-27-18-10-6-5-9-17(18)20(23)26-13-19(22)21(15-7-3-2-4-8-15)16-11-12-28(24,25)14-16/h2-12,16H,13-14H2,1H3/t16-/m0/s1. The molecule has 146 valence electrons. The van der Waals surface area contributed by atoms with Crippen molar-refractivity contribution in [3.8, 4) is 0 Å². The molecule has 2 aromatic rings. The molecule has 0 bridgehead atoms. The molecule has 8 heteroatoms. The van der Waals surface area contributed by atoms with Crippen molar-refractivity contribution in [2.45, 2.75) is 10.9 Å². The molecule has 0 saturated carbocycles. The van der Waals surface area contributed by atoms with Gasteiger partial charge in [-0.1, -0.05) is 30.3 Å². The fraction of sp³-hybridized carbons (Fsp3) is 0.200. The number of carbonyl (C=O) groups excluding carboxylic acids is 2. The van der Waals surface area contributed by atoms with Gasteiger partial charge in [-0.2, -0.15) is 0 Å². The Morgan fingerprint density at radius 1 is 1.11 bits per heavy atom. The fourth-order valence-electron chi connectivity index (χ4n) is 2.92. The van der Waals surface area contributed by atoms with Crippen LogP contribution in [0.3, 0.4) is 0 Å². The van der Waals surface area contributed by atoms with Gasteiger partial charge in [0, 0.05) is 16.0 Å². The molecule has 3 rings (SSSR count). The van der Waals surface area contributed by atoms with E-state index in [0.717, 1.165) is 10.3 Å². The van der Waals surface area contributed by atoms with Crippen LogP contribution in [-0.2, 0) is 19.4 Å². The second-order valence-electron chi connectivity index (χ2n) is 6.10. The molecule has 1 aliphatic heterocycles. The van der Waals surface area contributed by atoms with Crippen molar-refractivity contribution in [2.24, 2.45) is 0 Å². The third-order valence-corrected chi connectivity index (χ3v) is 6.37. The van der Waals surface area contributed by atoms with E-state index in [4.69, 9.17) is 4.74 Å². The maximum Gasteiger partial charge on any atom is 0.339 e. The van der Waals surface area contributed by atoms with E-state index < -0.39 is 34.4 Å². The van der Waals surface area contributed by atoms with E-state index in [1.54, 1.807) is 48.5 Å². The zero-order valence-electron chi connectivity index (χ0n) is 15.1. The summed E-state index contributed by atoms with van der Waals surface area (Å²) >= 11 is 1.41. The first-order chi connectivity index (χ1) is 13.4. The SMILES string of the molecule is CSc1ccccc1C(=O)OCC(=O)N(c1ccccc1)[C@H]1C=CS(=O)(=O)C1. The first-order valence-electron chi connectivity index (χ1n) is 8.49. The molecule has 0 aliphatic carbocycles. The molecule has 2 aromatic carbocycles. The second kappa shape index (κ2) is 8.62. The van der Waals surface area contributed by atoms with E-state index in [2.05, 4.69) is 0 Å². The Bertz CT molecular complexity index is 1000. The van der Waals surface area contributed by atoms with E-state index in [-0.39, 0.29) is 5.75 Å². The third kappa shape index (κ3) is 4.63. The molecular weight excluding hydrogens is 398 g/mol. The predicted octanol–water partition coefficient (Wildman–Crippen LogP) is 2.91. The van der Waals surface area contributed by atoms with Crippen LogP contribution >= 0.6 is 11.8 Å². The number of ether oxygens (including phenoxy) is 1. The van der Waals surface area contributed by atoms with Gasteiger partial charge in [0.2, 0.25) is 0 Å². The number of carbonyl (C=O) groups is 2. The van der Waals surface area contributed by atoms with Gasteiger partial charge in [0.25, 0.3) is 5.91 Å². The van der Waals surface area contributed by atoms with Crippen molar-refractivity contribution in [1.82, 2.24) is 0 Å². The minimum absolute atomic E-state index is 0.198. The Kier molecular flexibility index (Phi) is 6.21. The smallest absolute Gasteiger partial charge is 0.339 e. The van der Waals surface area contributed by atoms with Crippen LogP contribution in [0.15, 0.2) is 71.0 Å². The Balaban J connectivity index is 1.77. The number of thioether (sulfide) groups is 1. The van der Waals surface area contributed by atoms with Crippen molar-refractivity contribution < 1.29 is 22.7 Å². The van der Waals surface area contributed by atoms with Crippen LogP contribution in [-0.4, -0.2) is 45.0 Å². The van der Waals surface area contributed by atoms with E-state index in [9.17, 15) is 18.0 Å². The minimum Gasteiger partial charge on any atom is -0.452 e. The van der Waals surface area contributed by atoms with Gasteiger partial charge < -0.3 is 9.64 Å². The van der Waals surface area contributed by atoms with Crippen molar-refractivity contribution in [2.75, 3.05) is 23.5 Å². The molecule has 0 unspecified atom stereocenters. The van der Waals surface area contributed by atoms with Crippen molar-refractivity contribution in [3.63, 3.8) is 0 Å². The molecule has 28 heavy (non-hydrogen) atoms. The van der Waals surface area contributed by atoms with Crippen LogP contribution < -0.4 is 4.90 Å². The molecule has 0 aromatic heterocycles. The van der Waals surface area contributed by atoms with Crippen LogP contribution in [0.1, 0.15) is 10.4 Å². The Hall–Kier alpha value is -2.58. The molecular formula is C20H19NO5S2. The largest absolute Gasteiger partial charge is 0.452 e. The molecule has 0 N–H and O–H groups in total. The molecule has 0 fully saturated rings. The van der Waals surface area contributed by atoms with Crippen LogP contribution in [0.2, 0.25) is 0 Å². The zero-order valence-corrected chi connectivity index (χ0v) is 16.8. The average molecular weight is 418 g/mol. The van der Waals surface area contributed by atoms with Crippen LogP contribution in [0.25, 0.3) is 0 Å². The summed E-state index contributed by atoms with van der Waals surface area (Å²) in [4.78, 5) is 27.4. The summed E-state index contributed by atoms with van der Waals surface area (Å²) in [6, 6.07) is 15.1. The van der Waals surface area contributed by atoms with Gasteiger partial charge in [-0.15, -0.1) is 11.8 Å². The molecule has 0 radical (unpaired) electrons. The van der Waals surface area contributed by atoms with Gasteiger partial charge in [-0.25, -0.2) is 13.2 Å². The number of esters is 1. The Labute approximate surface area is 168 Å². The van der Waals surface area contributed by atoms with E-state index >= 15 is 0 Å². The first-order valence-corrected chi connectivity index (χ1v) is 11.4.